The minimum atomic E-state index is -0.966. The fraction of sp³-hybridized carbons (Fsp3) is 0.429. The molecule has 2 heterocycles. The predicted octanol–water partition coefficient (Wildman–Crippen LogP) is 5.61. The molecule has 0 saturated carbocycles. The maximum atomic E-state index is 12.8. The third kappa shape index (κ3) is 4.81. The number of benzene rings is 2. The van der Waals surface area contributed by atoms with Crippen molar-refractivity contribution in [2.75, 3.05) is 20.2 Å². The van der Waals surface area contributed by atoms with Crippen LogP contribution < -0.4 is 4.74 Å². The van der Waals surface area contributed by atoms with Crippen LogP contribution in [0.5, 0.6) is 5.75 Å². The Morgan fingerprint density at radius 1 is 1.12 bits per heavy atom. The summed E-state index contributed by atoms with van der Waals surface area (Å²) in [4.78, 5) is 29.7. The van der Waals surface area contributed by atoms with Gasteiger partial charge < -0.3 is 19.7 Å². The van der Waals surface area contributed by atoms with Gasteiger partial charge in [-0.25, -0.2) is 4.79 Å². The Balaban J connectivity index is 1.67. The lowest BCUT2D eigenvalue weighted by molar-refractivity contribution is -0.133. The molecule has 1 aliphatic rings. The van der Waals surface area contributed by atoms with Gasteiger partial charge >= 0.3 is 5.97 Å². The fourth-order valence-corrected chi connectivity index (χ4v) is 5.19. The van der Waals surface area contributed by atoms with Gasteiger partial charge in [-0.15, -0.1) is 0 Å². The van der Waals surface area contributed by atoms with Crippen LogP contribution in [0.2, 0.25) is 0 Å². The molecule has 0 aliphatic carbocycles. The first-order valence-corrected chi connectivity index (χ1v) is 12.2. The topological polar surface area (TPSA) is 82.6 Å². The van der Waals surface area contributed by atoms with E-state index in [0.717, 1.165) is 60.8 Å². The van der Waals surface area contributed by atoms with Gasteiger partial charge in [-0.2, -0.15) is 0 Å². The highest BCUT2D eigenvalue weighted by Gasteiger charge is 2.25. The van der Waals surface area contributed by atoms with Gasteiger partial charge in [-0.1, -0.05) is 32.4 Å². The summed E-state index contributed by atoms with van der Waals surface area (Å²) >= 11 is 0. The fourth-order valence-electron chi connectivity index (χ4n) is 5.19. The molecule has 180 valence electrons. The molecule has 1 aliphatic heterocycles. The van der Waals surface area contributed by atoms with Crippen LogP contribution in [0.1, 0.15) is 72.5 Å². The summed E-state index contributed by atoms with van der Waals surface area (Å²) in [5.74, 6) is -0.109. The molecule has 1 amide bonds. The summed E-state index contributed by atoms with van der Waals surface area (Å²) in [6, 6.07) is 11.5. The average molecular weight is 463 g/mol. The van der Waals surface area contributed by atoms with Crippen LogP contribution in [0, 0.1) is 5.92 Å². The minimum absolute atomic E-state index is 0.0481. The highest BCUT2D eigenvalue weighted by molar-refractivity contribution is 5.89. The molecule has 2 aromatic carbocycles. The van der Waals surface area contributed by atoms with E-state index in [1.165, 1.54) is 5.56 Å². The molecule has 6 nitrogen and oxygen atoms in total. The van der Waals surface area contributed by atoms with Crippen molar-refractivity contribution in [1.82, 2.24) is 9.88 Å². The van der Waals surface area contributed by atoms with E-state index in [1.54, 1.807) is 19.2 Å². The van der Waals surface area contributed by atoms with Crippen molar-refractivity contribution >= 4 is 22.8 Å². The molecule has 3 aromatic rings. The normalized spacial score (nSPS) is 15.4. The number of aromatic nitrogens is 1. The van der Waals surface area contributed by atoms with E-state index in [-0.39, 0.29) is 23.3 Å². The lowest BCUT2D eigenvalue weighted by Gasteiger charge is -2.21. The standard InChI is InChI=1S/C28H34N2O4/c1-4-7-21(22-10-9-20(28(32)33)16-26(22)34-3)24-17-29-25-11-8-19(15-23(24)25)14-18(2)27(31)30-12-5-6-13-30/h8-11,15-18,21,29H,4-7,12-14H2,1-3H3,(H,32,33). The van der Waals surface area contributed by atoms with Crippen molar-refractivity contribution in [3.8, 4) is 5.75 Å². The number of likely N-dealkylation sites (tertiary alicyclic amines) is 1. The molecule has 1 aromatic heterocycles. The Kier molecular flexibility index (Phi) is 7.25. The zero-order valence-corrected chi connectivity index (χ0v) is 20.3. The Labute approximate surface area is 200 Å². The number of nitrogens with zero attached hydrogens (tertiary/aromatic N) is 1. The molecule has 1 fully saturated rings. The summed E-state index contributed by atoms with van der Waals surface area (Å²) in [5.41, 5.74) is 4.57. The van der Waals surface area contributed by atoms with Gasteiger partial charge in [-0.3, -0.25) is 4.79 Å². The molecule has 6 heteroatoms. The molecule has 0 radical (unpaired) electrons. The summed E-state index contributed by atoms with van der Waals surface area (Å²) < 4.78 is 5.61. The molecule has 0 bridgehead atoms. The molecule has 2 unspecified atom stereocenters. The highest BCUT2D eigenvalue weighted by atomic mass is 16.5. The van der Waals surface area contributed by atoms with E-state index in [4.69, 9.17) is 4.74 Å². The number of aromatic carboxylic acids is 1. The van der Waals surface area contributed by atoms with Crippen molar-refractivity contribution in [1.29, 1.82) is 0 Å². The van der Waals surface area contributed by atoms with Crippen molar-refractivity contribution < 1.29 is 19.4 Å². The van der Waals surface area contributed by atoms with Gasteiger partial charge in [0.15, 0.2) is 0 Å². The minimum Gasteiger partial charge on any atom is -0.496 e. The van der Waals surface area contributed by atoms with E-state index in [0.29, 0.717) is 12.2 Å². The molecule has 4 rings (SSSR count). The maximum absolute atomic E-state index is 12.8. The first kappa shape index (κ1) is 23.9. The van der Waals surface area contributed by atoms with Crippen LogP contribution in [-0.2, 0) is 11.2 Å². The number of H-pyrrole nitrogens is 1. The molecule has 2 N–H and O–H groups in total. The Hall–Kier alpha value is -3.28. The summed E-state index contributed by atoms with van der Waals surface area (Å²) in [6.07, 6.45) is 6.86. The lowest BCUT2D eigenvalue weighted by atomic mass is 9.85. The molecule has 0 spiro atoms. The third-order valence-corrected chi connectivity index (χ3v) is 6.97. The number of carboxylic acid groups (broad SMARTS) is 1. The number of methoxy groups -OCH3 is 1. The molecular formula is C28H34N2O4. The lowest BCUT2D eigenvalue weighted by Crippen LogP contribution is -2.33. The van der Waals surface area contributed by atoms with Gasteiger partial charge in [0.05, 0.1) is 12.7 Å². The predicted molar refractivity (Wildman–Crippen MR) is 134 cm³/mol. The first-order valence-electron chi connectivity index (χ1n) is 12.2. The van der Waals surface area contributed by atoms with Crippen molar-refractivity contribution in [3.05, 3.63) is 64.8 Å². The zero-order chi connectivity index (χ0) is 24.2. The van der Waals surface area contributed by atoms with Gasteiger partial charge in [0.25, 0.3) is 0 Å². The van der Waals surface area contributed by atoms with Crippen molar-refractivity contribution in [3.63, 3.8) is 0 Å². The quantitative estimate of drug-likeness (QED) is 0.433. The molecular weight excluding hydrogens is 428 g/mol. The monoisotopic (exact) mass is 462 g/mol. The Bertz CT molecular complexity index is 1180. The van der Waals surface area contributed by atoms with Crippen LogP contribution >= 0.6 is 0 Å². The zero-order valence-electron chi connectivity index (χ0n) is 20.3. The molecule has 2 atom stereocenters. The van der Waals surface area contributed by atoms with Crippen molar-refractivity contribution in [2.45, 2.75) is 51.9 Å². The van der Waals surface area contributed by atoms with E-state index >= 15 is 0 Å². The van der Waals surface area contributed by atoms with E-state index in [1.807, 2.05) is 17.9 Å². The van der Waals surface area contributed by atoms with Gasteiger partial charge in [0, 0.05) is 47.6 Å². The van der Waals surface area contributed by atoms with Crippen LogP contribution in [0.4, 0.5) is 0 Å². The third-order valence-electron chi connectivity index (χ3n) is 6.97. The number of amides is 1. The summed E-state index contributed by atoms with van der Waals surface area (Å²) in [7, 11) is 1.58. The van der Waals surface area contributed by atoms with Crippen LogP contribution in [0.25, 0.3) is 10.9 Å². The number of aromatic amines is 1. The Morgan fingerprint density at radius 2 is 1.88 bits per heavy atom. The number of rotatable bonds is 9. The number of hydrogen-bond donors (Lipinski definition) is 2. The van der Waals surface area contributed by atoms with Gasteiger partial charge in [0.1, 0.15) is 5.75 Å². The Morgan fingerprint density at radius 3 is 2.56 bits per heavy atom. The summed E-state index contributed by atoms with van der Waals surface area (Å²) in [5, 5.41) is 10.5. The van der Waals surface area contributed by atoms with Crippen LogP contribution in [0.3, 0.4) is 0 Å². The van der Waals surface area contributed by atoms with Crippen LogP contribution in [0.15, 0.2) is 42.6 Å². The number of nitrogens with one attached hydrogen (secondary N) is 1. The number of carbonyl (C=O) groups excluding carboxylic acids is 1. The first-order chi connectivity index (χ1) is 16.4. The van der Waals surface area contributed by atoms with Crippen molar-refractivity contribution in [2.24, 2.45) is 5.92 Å². The van der Waals surface area contributed by atoms with E-state index in [9.17, 15) is 14.7 Å². The number of fused-ring (bicyclic) bond motifs is 1. The van der Waals surface area contributed by atoms with E-state index in [2.05, 4.69) is 36.3 Å². The second-order valence-corrected chi connectivity index (χ2v) is 9.36. The SMILES string of the molecule is CCCC(c1ccc(C(=O)O)cc1OC)c1c[nH]c2ccc(CC(C)C(=O)N3CCCC3)cc12. The highest BCUT2D eigenvalue weighted by Crippen LogP contribution is 2.39. The average Bonchev–Trinajstić information content (AvgIpc) is 3.52. The second kappa shape index (κ2) is 10.3. The van der Waals surface area contributed by atoms with Crippen LogP contribution in [-0.4, -0.2) is 47.1 Å². The smallest absolute Gasteiger partial charge is 0.335 e. The number of hydrogen-bond acceptors (Lipinski definition) is 3. The van der Waals surface area contributed by atoms with Gasteiger partial charge in [-0.05, 0) is 61.1 Å². The number of carboxylic acids is 1. The van der Waals surface area contributed by atoms with E-state index < -0.39 is 5.97 Å². The van der Waals surface area contributed by atoms with Gasteiger partial charge in [0.2, 0.25) is 5.91 Å². The largest absolute Gasteiger partial charge is 0.496 e. The maximum Gasteiger partial charge on any atom is 0.335 e. The summed E-state index contributed by atoms with van der Waals surface area (Å²) in [6.45, 7) is 5.94. The number of ether oxygens (including phenoxy) is 1. The molecule has 34 heavy (non-hydrogen) atoms. The second-order valence-electron chi connectivity index (χ2n) is 9.36. The molecule has 1 saturated heterocycles. The number of carbonyl (C=O) groups is 2.